The summed E-state index contributed by atoms with van der Waals surface area (Å²) in [6, 6.07) is 11.3. The molecule has 2 rings (SSSR count). The van der Waals surface area contributed by atoms with Crippen molar-refractivity contribution in [3.8, 4) is 0 Å². The third kappa shape index (κ3) is 2.80. The van der Waals surface area contributed by atoms with Gasteiger partial charge in [-0.1, -0.05) is 29.8 Å². The molecule has 0 amide bonds. The minimum Gasteiger partial charge on any atom is -0.258 e. The number of benzene rings is 2. The molecule has 0 aromatic heterocycles. The smallest absolute Gasteiger partial charge is 0.258 e. The topological polar surface area (TPSA) is 86.3 Å². The third-order valence-electron chi connectivity index (χ3n) is 3.02. The number of rotatable bonds is 4. The number of hydrogen-bond donors (Lipinski definition) is 0. The van der Waals surface area contributed by atoms with Gasteiger partial charge in [-0.15, -0.1) is 0 Å². The molecule has 6 nitrogen and oxygen atoms in total. The van der Waals surface area contributed by atoms with Crippen LogP contribution in [0.15, 0.2) is 42.5 Å². The van der Waals surface area contributed by atoms with Gasteiger partial charge >= 0.3 is 0 Å². The van der Waals surface area contributed by atoms with Crippen molar-refractivity contribution in [1.29, 1.82) is 0 Å². The Hall–Kier alpha value is -2.76. The van der Waals surface area contributed by atoms with Crippen LogP contribution in [0, 0.1) is 27.2 Å². The maximum Gasteiger partial charge on any atom is 0.279 e. The average molecular weight is 272 g/mol. The highest BCUT2D eigenvalue weighted by atomic mass is 16.6. The lowest BCUT2D eigenvalue weighted by Gasteiger charge is -2.05. The lowest BCUT2D eigenvalue weighted by Crippen LogP contribution is -2.02. The van der Waals surface area contributed by atoms with Crippen LogP contribution < -0.4 is 0 Å². The van der Waals surface area contributed by atoms with E-state index in [1.165, 1.54) is 18.2 Å². The Labute approximate surface area is 115 Å². The van der Waals surface area contributed by atoms with E-state index in [1.807, 2.05) is 31.2 Å². The molecule has 0 saturated heterocycles. The molecule has 0 atom stereocenters. The number of nitro groups is 2. The molecule has 0 saturated carbocycles. The summed E-state index contributed by atoms with van der Waals surface area (Å²) >= 11 is 0. The summed E-state index contributed by atoms with van der Waals surface area (Å²) in [6.45, 7) is 1.93. The van der Waals surface area contributed by atoms with Gasteiger partial charge in [-0.25, -0.2) is 0 Å². The van der Waals surface area contributed by atoms with Gasteiger partial charge in [-0.2, -0.15) is 0 Å². The minimum atomic E-state index is -0.587. The van der Waals surface area contributed by atoms with Crippen molar-refractivity contribution in [1.82, 2.24) is 0 Å². The maximum absolute atomic E-state index is 11.0. The number of hydrogen-bond acceptors (Lipinski definition) is 4. The van der Waals surface area contributed by atoms with Crippen LogP contribution in [0.3, 0.4) is 0 Å². The second kappa shape index (κ2) is 5.48. The Bertz CT molecular complexity index is 633. The van der Waals surface area contributed by atoms with Gasteiger partial charge in [0, 0.05) is 18.6 Å². The van der Waals surface area contributed by atoms with E-state index in [-0.39, 0.29) is 23.4 Å². The predicted octanol–water partition coefficient (Wildman–Crippen LogP) is 3.40. The van der Waals surface area contributed by atoms with Gasteiger partial charge in [0.2, 0.25) is 0 Å². The Morgan fingerprint density at radius 1 is 0.900 bits per heavy atom. The monoisotopic (exact) mass is 272 g/mol. The standard InChI is InChI=1S/C14H12N2O4/c1-10-5-7-11(8-6-10)9-12-13(15(17)18)3-2-4-14(12)16(19)20/h2-8H,9H2,1H3. The Morgan fingerprint density at radius 3 is 1.85 bits per heavy atom. The van der Waals surface area contributed by atoms with Gasteiger partial charge in [0.1, 0.15) is 5.56 Å². The molecule has 102 valence electrons. The highest BCUT2D eigenvalue weighted by Gasteiger charge is 2.24. The maximum atomic E-state index is 11.0. The molecule has 0 heterocycles. The van der Waals surface area contributed by atoms with Crippen LogP contribution in [-0.2, 0) is 6.42 Å². The molecule has 0 radical (unpaired) electrons. The van der Waals surface area contributed by atoms with E-state index in [1.54, 1.807) is 0 Å². The quantitative estimate of drug-likeness (QED) is 0.630. The molecule has 0 spiro atoms. The summed E-state index contributed by atoms with van der Waals surface area (Å²) in [6.07, 6.45) is 0.160. The van der Waals surface area contributed by atoms with Gasteiger partial charge in [-0.3, -0.25) is 20.2 Å². The van der Waals surface area contributed by atoms with E-state index >= 15 is 0 Å². The van der Waals surface area contributed by atoms with Crippen molar-refractivity contribution >= 4 is 11.4 Å². The summed E-state index contributed by atoms with van der Waals surface area (Å²) < 4.78 is 0. The van der Waals surface area contributed by atoms with Gasteiger partial charge in [0.15, 0.2) is 0 Å². The molecule has 0 aliphatic heterocycles. The first kappa shape index (κ1) is 13.7. The highest BCUT2D eigenvalue weighted by molar-refractivity contribution is 5.55. The molecule has 0 N–H and O–H groups in total. The molecule has 2 aromatic carbocycles. The SMILES string of the molecule is Cc1ccc(Cc2c([N+](=O)[O-])cccc2[N+](=O)[O-])cc1. The van der Waals surface area contributed by atoms with Crippen LogP contribution >= 0.6 is 0 Å². The summed E-state index contributed by atoms with van der Waals surface area (Å²) in [4.78, 5) is 20.9. The Kier molecular flexibility index (Phi) is 3.74. The van der Waals surface area contributed by atoms with Gasteiger partial charge in [-0.05, 0) is 18.6 Å². The summed E-state index contributed by atoms with van der Waals surface area (Å²) in [5.74, 6) is 0. The van der Waals surface area contributed by atoms with Crippen LogP contribution in [0.25, 0.3) is 0 Å². The molecule has 20 heavy (non-hydrogen) atoms. The molecule has 0 bridgehead atoms. The molecular weight excluding hydrogens is 260 g/mol. The Morgan fingerprint density at radius 2 is 1.40 bits per heavy atom. The zero-order chi connectivity index (χ0) is 14.7. The fraction of sp³-hybridized carbons (Fsp3) is 0.143. The number of aryl methyl sites for hydroxylation is 1. The fourth-order valence-electron chi connectivity index (χ4n) is 2.00. The van der Waals surface area contributed by atoms with Crippen molar-refractivity contribution < 1.29 is 9.85 Å². The van der Waals surface area contributed by atoms with Gasteiger partial charge < -0.3 is 0 Å². The zero-order valence-corrected chi connectivity index (χ0v) is 10.8. The van der Waals surface area contributed by atoms with E-state index < -0.39 is 9.85 Å². The van der Waals surface area contributed by atoms with Crippen LogP contribution in [-0.4, -0.2) is 9.85 Å². The lowest BCUT2D eigenvalue weighted by atomic mass is 10.0. The molecule has 0 fully saturated rings. The molecule has 0 unspecified atom stereocenters. The van der Waals surface area contributed by atoms with E-state index in [2.05, 4.69) is 0 Å². The molecule has 0 aliphatic rings. The minimum absolute atomic E-state index is 0.131. The van der Waals surface area contributed by atoms with Crippen molar-refractivity contribution in [2.24, 2.45) is 0 Å². The van der Waals surface area contributed by atoms with Crippen molar-refractivity contribution in [2.75, 3.05) is 0 Å². The fourth-order valence-corrected chi connectivity index (χ4v) is 2.00. The van der Waals surface area contributed by atoms with Gasteiger partial charge in [0.25, 0.3) is 11.4 Å². The molecule has 6 heteroatoms. The van der Waals surface area contributed by atoms with Crippen molar-refractivity contribution in [3.05, 3.63) is 79.4 Å². The first-order chi connectivity index (χ1) is 9.49. The summed E-state index contributed by atoms with van der Waals surface area (Å²) in [5.41, 5.74) is 1.55. The molecule has 0 aliphatic carbocycles. The average Bonchev–Trinajstić information content (AvgIpc) is 2.41. The van der Waals surface area contributed by atoms with Crippen LogP contribution in [0.2, 0.25) is 0 Å². The molecular formula is C14H12N2O4. The third-order valence-corrected chi connectivity index (χ3v) is 3.02. The first-order valence-electron chi connectivity index (χ1n) is 5.95. The predicted molar refractivity (Wildman–Crippen MR) is 73.7 cm³/mol. The summed E-state index contributed by atoms with van der Waals surface area (Å²) in [7, 11) is 0. The highest BCUT2D eigenvalue weighted by Crippen LogP contribution is 2.30. The Balaban J connectivity index is 2.50. The van der Waals surface area contributed by atoms with E-state index in [0.717, 1.165) is 11.1 Å². The van der Waals surface area contributed by atoms with Gasteiger partial charge in [0.05, 0.1) is 9.85 Å². The first-order valence-corrected chi connectivity index (χ1v) is 5.95. The number of nitrogens with zero attached hydrogens (tertiary/aromatic N) is 2. The van der Waals surface area contributed by atoms with Crippen molar-refractivity contribution in [3.63, 3.8) is 0 Å². The second-order valence-electron chi connectivity index (χ2n) is 4.45. The second-order valence-corrected chi connectivity index (χ2v) is 4.45. The normalized spacial score (nSPS) is 10.2. The number of nitro benzene ring substituents is 2. The van der Waals surface area contributed by atoms with E-state index in [9.17, 15) is 20.2 Å². The zero-order valence-electron chi connectivity index (χ0n) is 10.8. The lowest BCUT2D eigenvalue weighted by molar-refractivity contribution is -0.395. The van der Waals surface area contributed by atoms with E-state index in [0.29, 0.717) is 0 Å². The van der Waals surface area contributed by atoms with Crippen LogP contribution in [0.4, 0.5) is 11.4 Å². The van der Waals surface area contributed by atoms with E-state index in [4.69, 9.17) is 0 Å². The van der Waals surface area contributed by atoms with Crippen LogP contribution in [0.1, 0.15) is 16.7 Å². The molecule has 2 aromatic rings. The van der Waals surface area contributed by atoms with Crippen LogP contribution in [0.5, 0.6) is 0 Å². The largest absolute Gasteiger partial charge is 0.279 e. The van der Waals surface area contributed by atoms with Crippen molar-refractivity contribution in [2.45, 2.75) is 13.3 Å². The summed E-state index contributed by atoms with van der Waals surface area (Å²) in [5, 5.41) is 22.0.